The molecule has 1 aromatic carbocycles. The van der Waals surface area contributed by atoms with Crippen molar-refractivity contribution in [2.75, 3.05) is 6.61 Å². The lowest BCUT2D eigenvalue weighted by Crippen LogP contribution is -2.35. The molecule has 8 heteroatoms. The van der Waals surface area contributed by atoms with E-state index in [4.69, 9.17) is 9.73 Å². The summed E-state index contributed by atoms with van der Waals surface area (Å²) in [4.78, 5) is 33.9. The Kier molecular flexibility index (Phi) is 4.75. The first-order valence-corrected chi connectivity index (χ1v) is 11.4. The van der Waals surface area contributed by atoms with E-state index in [0.29, 0.717) is 23.6 Å². The van der Waals surface area contributed by atoms with Crippen LogP contribution in [0.1, 0.15) is 61.6 Å². The van der Waals surface area contributed by atoms with Crippen LogP contribution in [0.25, 0.3) is 10.9 Å². The number of rotatable bonds is 2. The second-order valence-corrected chi connectivity index (χ2v) is 10.3. The van der Waals surface area contributed by atoms with Gasteiger partial charge in [-0.15, -0.1) is 0 Å². The van der Waals surface area contributed by atoms with E-state index in [1.54, 1.807) is 0 Å². The summed E-state index contributed by atoms with van der Waals surface area (Å²) in [6, 6.07) is 7.94. The zero-order valence-corrected chi connectivity index (χ0v) is 18.9. The van der Waals surface area contributed by atoms with Crippen LogP contribution in [0.15, 0.2) is 38.8 Å². The average molecular weight is 439 g/mol. The van der Waals surface area contributed by atoms with E-state index in [1.165, 1.54) is 11.8 Å². The number of aryl methyl sites for hydroxylation is 1. The van der Waals surface area contributed by atoms with E-state index in [0.717, 1.165) is 34.4 Å². The highest BCUT2D eigenvalue weighted by Gasteiger charge is 2.36. The molecule has 2 aromatic heterocycles. The van der Waals surface area contributed by atoms with Crippen LogP contribution < -0.4 is 11.1 Å². The van der Waals surface area contributed by atoms with Crippen molar-refractivity contribution in [1.82, 2.24) is 14.8 Å². The van der Waals surface area contributed by atoms with Crippen LogP contribution in [0.5, 0.6) is 0 Å². The molecule has 0 amide bonds. The van der Waals surface area contributed by atoms with Gasteiger partial charge in [0.2, 0.25) is 0 Å². The number of aliphatic imine (C=N–C) groups is 1. The largest absolute Gasteiger partial charge is 0.375 e. The summed E-state index contributed by atoms with van der Waals surface area (Å²) < 4.78 is 7.76. The molecule has 2 aliphatic rings. The number of thioether (sulfide) groups is 1. The monoisotopic (exact) mass is 438 g/mol. The molecular formula is C23H26N4O3S. The molecule has 4 heterocycles. The summed E-state index contributed by atoms with van der Waals surface area (Å²) in [7, 11) is 0. The summed E-state index contributed by atoms with van der Waals surface area (Å²) in [5.41, 5.74) is 2.37. The Hall–Kier alpha value is -2.58. The maximum absolute atomic E-state index is 13.1. The Morgan fingerprint density at radius 2 is 2.03 bits per heavy atom. The number of aromatic nitrogens is 3. The van der Waals surface area contributed by atoms with Crippen LogP contribution in [-0.4, -0.2) is 32.0 Å². The van der Waals surface area contributed by atoms with Crippen molar-refractivity contribution in [3.05, 3.63) is 61.7 Å². The topological polar surface area (TPSA) is 92.2 Å². The van der Waals surface area contributed by atoms with Gasteiger partial charge in [-0.05, 0) is 57.6 Å². The van der Waals surface area contributed by atoms with Crippen molar-refractivity contribution in [2.24, 2.45) is 4.99 Å². The van der Waals surface area contributed by atoms with E-state index >= 15 is 0 Å². The van der Waals surface area contributed by atoms with E-state index in [-0.39, 0.29) is 22.8 Å². The Morgan fingerprint density at radius 3 is 2.81 bits per heavy atom. The normalized spacial score (nSPS) is 22.9. The molecule has 0 radical (unpaired) electrons. The van der Waals surface area contributed by atoms with Gasteiger partial charge in [-0.2, -0.15) is 0 Å². The van der Waals surface area contributed by atoms with Crippen molar-refractivity contribution in [2.45, 2.75) is 57.4 Å². The van der Waals surface area contributed by atoms with Gasteiger partial charge in [-0.25, -0.2) is 4.99 Å². The third kappa shape index (κ3) is 3.47. The smallest absolute Gasteiger partial charge is 0.271 e. The Balaban J connectivity index is 1.65. The van der Waals surface area contributed by atoms with E-state index in [9.17, 15) is 9.59 Å². The van der Waals surface area contributed by atoms with Crippen LogP contribution in [0, 0.1) is 6.92 Å². The minimum Gasteiger partial charge on any atom is -0.375 e. The number of nitrogens with one attached hydrogen (secondary N) is 2. The van der Waals surface area contributed by atoms with Crippen molar-refractivity contribution in [3.63, 3.8) is 0 Å². The zero-order chi connectivity index (χ0) is 21.9. The third-order valence-electron chi connectivity index (χ3n) is 6.19. The molecule has 31 heavy (non-hydrogen) atoms. The minimum absolute atomic E-state index is 0.0954. The highest BCUT2D eigenvalue weighted by molar-refractivity contribution is 8.14. The molecule has 2 atom stereocenters. The van der Waals surface area contributed by atoms with E-state index < -0.39 is 5.25 Å². The van der Waals surface area contributed by atoms with Crippen LogP contribution in [0.3, 0.4) is 0 Å². The SMILES string of the molecule is CC1=Nc2c(c(=O)[nH]n2[C@@H]2CCOC(C)(C)C2)[C@@H](c2cc3cccc(C)c3[nH]c2=O)S1. The third-order valence-corrected chi connectivity index (χ3v) is 7.34. The molecule has 0 saturated carbocycles. The number of pyridine rings is 1. The number of fused-ring (bicyclic) bond motifs is 2. The second-order valence-electron chi connectivity index (χ2n) is 9.02. The molecule has 7 nitrogen and oxygen atoms in total. The average Bonchev–Trinajstić information content (AvgIpc) is 3.03. The number of benzene rings is 1. The van der Waals surface area contributed by atoms with Crippen molar-refractivity contribution in [3.8, 4) is 0 Å². The first kappa shape index (κ1) is 20.3. The van der Waals surface area contributed by atoms with E-state index in [2.05, 4.69) is 23.9 Å². The molecule has 0 unspecified atom stereocenters. The van der Waals surface area contributed by atoms with Crippen molar-refractivity contribution in [1.29, 1.82) is 0 Å². The summed E-state index contributed by atoms with van der Waals surface area (Å²) >= 11 is 1.45. The van der Waals surface area contributed by atoms with Gasteiger partial charge in [0.25, 0.3) is 11.1 Å². The first-order valence-electron chi connectivity index (χ1n) is 10.6. The predicted octanol–water partition coefficient (Wildman–Crippen LogP) is 4.34. The van der Waals surface area contributed by atoms with Crippen LogP contribution in [0.4, 0.5) is 5.82 Å². The number of nitrogens with zero attached hydrogens (tertiary/aromatic N) is 2. The number of H-pyrrole nitrogens is 2. The van der Waals surface area contributed by atoms with Gasteiger partial charge in [-0.1, -0.05) is 30.0 Å². The van der Waals surface area contributed by atoms with Crippen molar-refractivity contribution < 1.29 is 4.74 Å². The molecule has 5 rings (SSSR count). The lowest BCUT2D eigenvalue weighted by atomic mass is 9.94. The number of hydrogen-bond acceptors (Lipinski definition) is 5. The van der Waals surface area contributed by atoms with Gasteiger partial charge in [-0.3, -0.25) is 19.4 Å². The molecule has 0 spiro atoms. The van der Waals surface area contributed by atoms with Crippen molar-refractivity contribution >= 4 is 33.5 Å². The van der Waals surface area contributed by atoms with Crippen LogP contribution in [0.2, 0.25) is 0 Å². The van der Waals surface area contributed by atoms with Gasteiger partial charge in [0.1, 0.15) is 0 Å². The Morgan fingerprint density at radius 1 is 1.23 bits per heavy atom. The Bertz CT molecular complexity index is 1330. The van der Waals surface area contributed by atoms with Gasteiger partial charge in [0, 0.05) is 12.2 Å². The number of hydrogen-bond donors (Lipinski definition) is 2. The zero-order valence-electron chi connectivity index (χ0n) is 18.1. The predicted molar refractivity (Wildman–Crippen MR) is 125 cm³/mol. The lowest BCUT2D eigenvalue weighted by molar-refractivity contribution is -0.0705. The highest BCUT2D eigenvalue weighted by atomic mass is 32.2. The van der Waals surface area contributed by atoms with Gasteiger partial charge in [0.05, 0.1) is 33.0 Å². The number of para-hydroxylation sites is 1. The second kappa shape index (κ2) is 7.24. The van der Waals surface area contributed by atoms with E-state index in [1.807, 2.05) is 42.8 Å². The minimum atomic E-state index is -0.404. The summed E-state index contributed by atoms with van der Waals surface area (Å²) in [6.45, 7) is 8.67. The van der Waals surface area contributed by atoms with Crippen LogP contribution >= 0.6 is 11.8 Å². The summed E-state index contributed by atoms with van der Waals surface area (Å²) in [6.07, 6.45) is 1.59. The van der Waals surface area contributed by atoms with Gasteiger partial charge in [0.15, 0.2) is 5.82 Å². The molecule has 3 aromatic rings. The molecule has 2 N–H and O–H groups in total. The summed E-state index contributed by atoms with van der Waals surface area (Å²) in [5.74, 6) is 0.637. The molecular weight excluding hydrogens is 412 g/mol. The fourth-order valence-electron chi connectivity index (χ4n) is 4.71. The fourth-order valence-corrected chi connectivity index (χ4v) is 5.82. The molecule has 1 fully saturated rings. The molecule has 0 aliphatic carbocycles. The standard InChI is InChI=1S/C23H26N4O3S/c1-12-6-5-7-14-10-16(21(28)25-18(12)14)19-17-20(24-13(2)31-19)27(26-22(17)29)15-8-9-30-23(3,4)11-15/h5-7,10,15,19H,8-9,11H2,1-4H3,(H,25,28)(H,26,29)/t15-,19-/m1/s1. The van der Waals surface area contributed by atoms with Gasteiger partial charge < -0.3 is 9.72 Å². The highest BCUT2D eigenvalue weighted by Crippen LogP contribution is 2.45. The molecule has 162 valence electrons. The lowest BCUT2D eigenvalue weighted by Gasteiger charge is -2.36. The maximum Gasteiger partial charge on any atom is 0.271 e. The van der Waals surface area contributed by atoms with Crippen LogP contribution in [-0.2, 0) is 4.74 Å². The first-order chi connectivity index (χ1) is 14.7. The number of ether oxygens (including phenoxy) is 1. The fraction of sp³-hybridized carbons (Fsp3) is 0.435. The maximum atomic E-state index is 13.1. The molecule has 0 bridgehead atoms. The quantitative estimate of drug-likeness (QED) is 0.622. The van der Waals surface area contributed by atoms with Gasteiger partial charge >= 0.3 is 0 Å². The number of aromatic amines is 2. The molecule has 2 aliphatic heterocycles. The summed E-state index contributed by atoms with van der Waals surface area (Å²) in [5, 5.41) is 4.41. The Labute approximate surface area is 183 Å². The molecule has 1 saturated heterocycles.